The van der Waals surface area contributed by atoms with Crippen LogP contribution in [0.25, 0.3) is 0 Å². The van der Waals surface area contributed by atoms with Crippen LogP contribution >= 0.6 is 11.3 Å². The number of carbonyl (C=O) groups is 1. The van der Waals surface area contributed by atoms with E-state index in [4.69, 9.17) is 4.74 Å². The van der Waals surface area contributed by atoms with Gasteiger partial charge in [-0.3, -0.25) is 4.79 Å². The third-order valence-electron chi connectivity index (χ3n) is 2.97. The van der Waals surface area contributed by atoms with Crippen molar-refractivity contribution in [1.29, 1.82) is 0 Å². The second-order valence-electron chi connectivity index (χ2n) is 4.49. The third-order valence-corrected chi connectivity index (χ3v) is 4.05. The average Bonchev–Trinajstić information content (AvgIpc) is 2.78. The summed E-state index contributed by atoms with van der Waals surface area (Å²) in [5.41, 5.74) is 0.573. The zero-order chi connectivity index (χ0) is 14.8. The van der Waals surface area contributed by atoms with Gasteiger partial charge in [-0.05, 0) is 26.2 Å². The molecule has 0 saturated heterocycles. The van der Waals surface area contributed by atoms with Crippen molar-refractivity contribution in [3.05, 3.63) is 10.6 Å². The SMILES string of the molecule is CCOC(=O)C1CCCc2sc(NCC(F)(F)F)nc21. The summed E-state index contributed by atoms with van der Waals surface area (Å²) < 4.78 is 41.5. The van der Waals surface area contributed by atoms with Gasteiger partial charge in [0.15, 0.2) is 5.13 Å². The number of nitrogens with one attached hydrogen (secondary N) is 1. The van der Waals surface area contributed by atoms with Crippen LogP contribution in [0.1, 0.15) is 36.3 Å². The minimum absolute atomic E-state index is 0.212. The first-order chi connectivity index (χ1) is 9.40. The van der Waals surface area contributed by atoms with Gasteiger partial charge in [-0.25, -0.2) is 4.98 Å². The van der Waals surface area contributed by atoms with Gasteiger partial charge in [0.1, 0.15) is 12.5 Å². The predicted octanol–water partition coefficient (Wildman–Crippen LogP) is 3.10. The zero-order valence-electron chi connectivity index (χ0n) is 10.9. The lowest BCUT2D eigenvalue weighted by molar-refractivity contribution is -0.145. The van der Waals surface area contributed by atoms with E-state index in [1.807, 2.05) is 0 Å². The molecule has 1 aromatic heterocycles. The van der Waals surface area contributed by atoms with Gasteiger partial charge >= 0.3 is 12.1 Å². The lowest BCUT2D eigenvalue weighted by Gasteiger charge is -2.19. The Morgan fingerprint density at radius 2 is 2.30 bits per heavy atom. The van der Waals surface area contributed by atoms with Gasteiger partial charge in [-0.1, -0.05) is 0 Å². The lowest BCUT2D eigenvalue weighted by atomic mass is 9.91. The second-order valence-corrected chi connectivity index (χ2v) is 5.58. The molecular formula is C12H15F3N2O2S. The summed E-state index contributed by atoms with van der Waals surface area (Å²) in [5, 5.41) is 2.48. The van der Waals surface area contributed by atoms with Gasteiger partial charge in [0.05, 0.1) is 12.3 Å². The van der Waals surface area contributed by atoms with Gasteiger partial charge < -0.3 is 10.1 Å². The predicted molar refractivity (Wildman–Crippen MR) is 69.0 cm³/mol. The van der Waals surface area contributed by atoms with Crippen LogP contribution in [0, 0.1) is 0 Å². The smallest absolute Gasteiger partial charge is 0.405 e. The van der Waals surface area contributed by atoms with E-state index in [9.17, 15) is 18.0 Å². The summed E-state index contributed by atoms with van der Waals surface area (Å²) in [5.74, 6) is -0.794. The molecule has 4 nitrogen and oxygen atoms in total. The molecule has 0 aromatic carbocycles. The Hall–Kier alpha value is -1.31. The highest BCUT2D eigenvalue weighted by Gasteiger charge is 2.32. The minimum atomic E-state index is -4.29. The van der Waals surface area contributed by atoms with E-state index in [-0.39, 0.29) is 17.7 Å². The monoisotopic (exact) mass is 308 g/mol. The van der Waals surface area contributed by atoms with Crippen LogP contribution in [-0.2, 0) is 16.0 Å². The van der Waals surface area contributed by atoms with Crippen LogP contribution in [0.3, 0.4) is 0 Å². The van der Waals surface area contributed by atoms with Crippen molar-refractivity contribution >= 4 is 22.4 Å². The number of nitrogens with zero attached hydrogens (tertiary/aromatic N) is 1. The molecule has 0 spiro atoms. The number of hydrogen-bond donors (Lipinski definition) is 1. The molecule has 1 aliphatic rings. The summed E-state index contributed by atoms with van der Waals surface area (Å²) in [6.45, 7) is 0.885. The van der Waals surface area contributed by atoms with Crippen LogP contribution in [0.5, 0.6) is 0 Å². The fourth-order valence-corrected chi connectivity index (χ4v) is 3.20. The molecule has 0 amide bonds. The van der Waals surface area contributed by atoms with E-state index < -0.39 is 18.6 Å². The van der Waals surface area contributed by atoms with Crippen molar-refractivity contribution in [2.75, 3.05) is 18.5 Å². The molecule has 1 aromatic rings. The summed E-state index contributed by atoms with van der Waals surface area (Å²) in [6.07, 6.45) is -2.09. The van der Waals surface area contributed by atoms with Gasteiger partial charge in [0.25, 0.3) is 0 Å². The molecule has 0 bridgehead atoms. The Morgan fingerprint density at radius 3 is 2.95 bits per heavy atom. The Kier molecular flexibility index (Phi) is 4.52. The highest BCUT2D eigenvalue weighted by atomic mass is 32.1. The molecule has 1 heterocycles. The Morgan fingerprint density at radius 1 is 1.55 bits per heavy atom. The second kappa shape index (κ2) is 5.99. The number of ether oxygens (including phenoxy) is 1. The Balaban J connectivity index is 2.12. The van der Waals surface area contributed by atoms with E-state index in [1.165, 1.54) is 11.3 Å². The number of aryl methyl sites for hydroxylation is 1. The molecule has 2 rings (SSSR count). The van der Waals surface area contributed by atoms with E-state index in [0.29, 0.717) is 12.1 Å². The number of alkyl halides is 3. The number of anilines is 1. The molecule has 1 atom stereocenters. The first-order valence-electron chi connectivity index (χ1n) is 6.37. The molecule has 1 unspecified atom stereocenters. The molecule has 1 N–H and O–H groups in total. The summed E-state index contributed by atoms with van der Waals surface area (Å²) in [7, 11) is 0. The van der Waals surface area contributed by atoms with Crippen molar-refractivity contribution in [2.45, 2.75) is 38.3 Å². The van der Waals surface area contributed by atoms with Gasteiger partial charge in [-0.15, -0.1) is 11.3 Å². The molecule has 8 heteroatoms. The van der Waals surface area contributed by atoms with Crippen LogP contribution < -0.4 is 5.32 Å². The molecule has 112 valence electrons. The fourth-order valence-electron chi connectivity index (χ4n) is 2.14. The summed E-state index contributed by atoms with van der Waals surface area (Å²) in [4.78, 5) is 16.8. The van der Waals surface area contributed by atoms with Gasteiger partial charge in [-0.2, -0.15) is 13.2 Å². The quantitative estimate of drug-likeness (QED) is 0.868. The normalized spacial score (nSPS) is 18.5. The van der Waals surface area contributed by atoms with Crippen LogP contribution in [0.4, 0.5) is 18.3 Å². The van der Waals surface area contributed by atoms with E-state index in [0.717, 1.165) is 17.7 Å². The number of rotatable bonds is 4. The zero-order valence-corrected chi connectivity index (χ0v) is 11.7. The number of carbonyl (C=O) groups excluding carboxylic acids is 1. The highest BCUT2D eigenvalue weighted by molar-refractivity contribution is 7.15. The van der Waals surface area contributed by atoms with Crippen molar-refractivity contribution < 1.29 is 22.7 Å². The largest absolute Gasteiger partial charge is 0.465 e. The molecule has 1 aliphatic carbocycles. The lowest BCUT2D eigenvalue weighted by Crippen LogP contribution is -2.22. The number of halogens is 3. The first kappa shape index (κ1) is 15.1. The molecule has 0 radical (unpaired) electrons. The summed E-state index contributed by atoms with van der Waals surface area (Å²) >= 11 is 1.19. The maximum absolute atomic E-state index is 12.2. The number of fused-ring (bicyclic) bond motifs is 1. The van der Waals surface area contributed by atoms with Crippen LogP contribution in [0.2, 0.25) is 0 Å². The number of hydrogen-bond acceptors (Lipinski definition) is 5. The minimum Gasteiger partial charge on any atom is -0.465 e. The summed E-state index contributed by atoms with van der Waals surface area (Å²) in [6, 6.07) is 0. The van der Waals surface area contributed by atoms with E-state index in [2.05, 4.69) is 10.3 Å². The van der Waals surface area contributed by atoms with Crippen LogP contribution in [-0.4, -0.2) is 30.3 Å². The van der Waals surface area contributed by atoms with Crippen molar-refractivity contribution in [3.8, 4) is 0 Å². The number of esters is 1. The number of aromatic nitrogens is 1. The highest BCUT2D eigenvalue weighted by Crippen LogP contribution is 2.37. The van der Waals surface area contributed by atoms with Crippen LogP contribution in [0.15, 0.2) is 0 Å². The van der Waals surface area contributed by atoms with E-state index in [1.54, 1.807) is 6.92 Å². The fraction of sp³-hybridized carbons (Fsp3) is 0.667. The number of thiazole rings is 1. The maximum Gasteiger partial charge on any atom is 0.405 e. The molecule has 0 aliphatic heterocycles. The molecule has 20 heavy (non-hydrogen) atoms. The van der Waals surface area contributed by atoms with Gasteiger partial charge in [0.2, 0.25) is 0 Å². The molecule has 0 saturated carbocycles. The van der Waals surface area contributed by atoms with Gasteiger partial charge in [0, 0.05) is 4.88 Å². The standard InChI is InChI=1S/C12H15F3N2O2S/c1-2-19-10(18)7-4-3-5-8-9(7)17-11(20-8)16-6-12(13,14)15/h7H,2-6H2,1H3,(H,16,17). The Labute approximate surface area is 118 Å². The third kappa shape index (κ3) is 3.62. The van der Waals surface area contributed by atoms with Crippen molar-refractivity contribution in [1.82, 2.24) is 4.98 Å². The Bertz CT molecular complexity index is 488. The average molecular weight is 308 g/mol. The van der Waals surface area contributed by atoms with Crippen molar-refractivity contribution in [3.63, 3.8) is 0 Å². The topological polar surface area (TPSA) is 51.2 Å². The first-order valence-corrected chi connectivity index (χ1v) is 7.19. The van der Waals surface area contributed by atoms with E-state index >= 15 is 0 Å². The molecule has 0 fully saturated rings. The van der Waals surface area contributed by atoms with Crippen molar-refractivity contribution in [2.24, 2.45) is 0 Å². The maximum atomic E-state index is 12.2. The molecular weight excluding hydrogens is 293 g/mol.